The molecule has 1 aliphatic rings. The average molecular weight is 279 g/mol. The Kier molecular flexibility index (Phi) is 4.98. The molecule has 110 valence electrons. The number of para-hydroxylation sites is 1. The third kappa shape index (κ3) is 3.29. The molecule has 3 atom stereocenters. The molecule has 0 aliphatic heterocycles. The van der Waals surface area contributed by atoms with Gasteiger partial charge in [0, 0.05) is 18.6 Å². The molecular formula is C15H21NO4. The summed E-state index contributed by atoms with van der Waals surface area (Å²) in [6.07, 6.45) is 0.529. The van der Waals surface area contributed by atoms with Gasteiger partial charge < -0.3 is 20.3 Å². The van der Waals surface area contributed by atoms with Gasteiger partial charge in [0.05, 0.1) is 18.3 Å². The number of ether oxygens (including phenoxy) is 1. The summed E-state index contributed by atoms with van der Waals surface area (Å²) in [5.74, 6) is 0.206. The first-order chi connectivity index (χ1) is 9.65. The number of aliphatic hydroxyl groups excluding tert-OH is 2. The van der Waals surface area contributed by atoms with Gasteiger partial charge in [0.25, 0.3) is 5.91 Å². The second-order valence-electron chi connectivity index (χ2n) is 5.08. The number of carbonyl (C=O) groups excluding carboxylic acids is 1. The maximum atomic E-state index is 12.3. The molecule has 0 bridgehead atoms. The first kappa shape index (κ1) is 14.8. The minimum absolute atomic E-state index is 0.0525. The smallest absolute Gasteiger partial charge is 0.255 e. The Balaban J connectivity index is 2.02. The number of carbonyl (C=O) groups is 1. The summed E-state index contributed by atoms with van der Waals surface area (Å²) in [6.45, 7) is 2.32. The lowest BCUT2D eigenvalue weighted by atomic mass is 10.1. The van der Waals surface area contributed by atoms with Gasteiger partial charge in [-0.05, 0) is 31.9 Å². The Hall–Kier alpha value is -1.59. The van der Waals surface area contributed by atoms with E-state index in [2.05, 4.69) is 5.32 Å². The normalized spacial score (nSPS) is 25.4. The van der Waals surface area contributed by atoms with Crippen molar-refractivity contribution in [2.24, 2.45) is 5.92 Å². The van der Waals surface area contributed by atoms with E-state index in [0.717, 1.165) is 0 Å². The summed E-state index contributed by atoms with van der Waals surface area (Å²) in [6, 6.07) is 6.98. The van der Waals surface area contributed by atoms with E-state index in [0.29, 0.717) is 30.8 Å². The molecule has 1 amide bonds. The highest BCUT2D eigenvalue weighted by molar-refractivity contribution is 5.97. The second kappa shape index (κ2) is 6.72. The summed E-state index contributed by atoms with van der Waals surface area (Å²) in [5, 5.41) is 21.8. The van der Waals surface area contributed by atoms with Crippen LogP contribution in [0.3, 0.4) is 0 Å². The van der Waals surface area contributed by atoms with Gasteiger partial charge in [-0.3, -0.25) is 4.79 Å². The van der Waals surface area contributed by atoms with Crippen LogP contribution in [0.5, 0.6) is 5.75 Å². The summed E-state index contributed by atoms with van der Waals surface area (Å²) in [4.78, 5) is 12.3. The molecule has 5 heteroatoms. The number of benzene rings is 1. The van der Waals surface area contributed by atoms with Gasteiger partial charge in [-0.15, -0.1) is 0 Å². The van der Waals surface area contributed by atoms with Crippen molar-refractivity contribution in [1.82, 2.24) is 5.32 Å². The van der Waals surface area contributed by atoms with Crippen LogP contribution in [-0.2, 0) is 0 Å². The van der Waals surface area contributed by atoms with Crippen LogP contribution in [-0.4, -0.2) is 41.5 Å². The van der Waals surface area contributed by atoms with E-state index in [-0.39, 0.29) is 24.5 Å². The first-order valence-corrected chi connectivity index (χ1v) is 6.97. The van der Waals surface area contributed by atoms with Crippen molar-refractivity contribution in [3.8, 4) is 5.75 Å². The van der Waals surface area contributed by atoms with E-state index in [1.807, 2.05) is 13.0 Å². The number of hydrogen-bond donors (Lipinski definition) is 3. The molecule has 1 fully saturated rings. The third-order valence-electron chi connectivity index (χ3n) is 3.66. The lowest BCUT2D eigenvalue weighted by Crippen LogP contribution is -2.33. The monoisotopic (exact) mass is 279 g/mol. The van der Waals surface area contributed by atoms with Gasteiger partial charge in [0.1, 0.15) is 5.75 Å². The Bertz CT molecular complexity index is 463. The zero-order valence-electron chi connectivity index (χ0n) is 11.6. The standard InChI is InChI=1S/C15H21NO4/c1-2-20-14-6-4-3-5-12(14)15(19)16-11-7-10(9-17)13(18)8-11/h3-6,10-11,13,17-18H,2,7-9H2,1H3,(H,16,19)/t10-,11+,13+/m1/s1. The maximum Gasteiger partial charge on any atom is 0.255 e. The molecule has 0 unspecified atom stereocenters. The van der Waals surface area contributed by atoms with Crippen LogP contribution < -0.4 is 10.1 Å². The Labute approximate surface area is 118 Å². The third-order valence-corrected chi connectivity index (χ3v) is 3.66. The molecule has 0 heterocycles. The molecule has 1 aliphatic carbocycles. The topological polar surface area (TPSA) is 78.8 Å². The lowest BCUT2D eigenvalue weighted by Gasteiger charge is -2.14. The van der Waals surface area contributed by atoms with Crippen LogP contribution in [0.25, 0.3) is 0 Å². The molecule has 3 N–H and O–H groups in total. The molecule has 0 spiro atoms. The van der Waals surface area contributed by atoms with Gasteiger partial charge in [-0.1, -0.05) is 12.1 Å². The highest BCUT2D eigenvalue weighted by Crippen LogP contribution is 2.26. The first-order valence-electron chi connectivity index (χ1n) is 6.97. The molecule has 0 radical (unpaired) electrons. The summed E-state index contributed by atoms with van der Waals surface area (Å²) >= 11 is 0. The number of amides is 1. The fourth-order valence-corrected chi connectivity index (χ4v) is 2.62. The predicted octanol–water partition coefficient (Wildman–Crippen LogP) is 0.947. The van der Waals surface area contributed by atoms with Crippen molar-refractivity contribution in [3.05, 3.63) is 29.8 Å². The largest absolute Gasteiger partial charge is 0.493 e. The van der Waals surface area contributed by atoms with Crippen molar-refractivity contribution in [2.45, 2.75) is 31.9 Å². The fourth-order valence-electron chi connectivity index (χ4n) is 2.62. The van der Waals surface area contributed by atoms with E-state index < -0.39 is 6.10 Å². The number of aliphatic hydroxyl groups is 2. The highest BCUT2D eigenvalue weighted by atomic mass is 16.5. The molecule has 20 heavy (non-hydrogen) atoms. The van der Waals surface area contributed by atoms with Crippen molar-refractivity contribution >= 4 is 5.91 Å². The molecule has 2 rings (SSSR count). The SMILES string of the molecule is CCOc1ccccc1C(=O)N[C@H]1C[C@H](CO)[C@@H](O)C1. The number of nitrogens with one attached hydrogen (secondary N) is 1. The summed E-state index contributed by atoms with van der Waals surface area (Å²) < 4.78 is 5.44. The Morgan fingerprint density at radius 1 is 1.40 bits per heavy atom. The van der Waals surface area contributed by atoms with Crippen molar-refractivity contribution < 1.29 is 19.7 Å². The van der Waals surface area contributed by atoms with Crippen LogP contribution in [0.4, 0.5) is 0 Å². The van der Waals surface area contributed by atoms with Crippen molar-refractivity contribution in [3.63, 3.8) is 0 Å². The number of rotatable bonds is 5. The molecular weight excluding hydrogens is 258 g/mol. The van der Waals surface area contributed by atoms with E-state index in [1.54, 1.807) is 18.2 Å². The van der Waals surface area contributed by atoms with Gasteiger partial charge in [-0.2, -0.15) is 0 Å². The Morgan fingerprint density at radius 2 is 2.15 bits per heavy atom. The zero-order valence-corrected chi connectivity index (χ0v) is 11.6. The second-order valence-corrected chi connectivity index (χ2v) is 5.08. The van der Waals surface area contributed by atoms with Gasteiger partial charge in [0.15, 0.2) is 0 Å². The van der Waals surface area contributed by atoms with E-state index >= 15 is 0 Å². The van der Waals surface area contributed by atoms with E-state index in [4.69, 9.17) is 9.84 Å². The van der Waals surface area contributed by atoms with E-state index in [9.17, 15) is 9.90 Å². The molecule has 1 saturated carbocycles. The van der Waals surface area contributed by atoms with Gasteiger partial charge >= 0.3 is 0 Å². The Morgan fingerprint density at radius 3 is 2.80 bits per heavy atom. The highest BCUT2D eigenvalue weighted by Gasteiger charge is 2.33. The summed E-state index contributed by atoms with van der Waals surface area (Å²) in [5.41, 5.74) is 0.497. The average Bonchev–Trinajstić information content (AvgIpc) is 2.79. The van der Waals surface area contributed by atoms with Crippen LogP contribution in [0.15, 0.2) is 24.3 Å². The fraction of sp³-hybridized carbons (Fsp3) is 0.533. The van der Waals surface area contributed by atoms with Crippen molar-refractivity contribution in [1.29, 1.82) is 0 Å². The minimum Gasteiger partial charge on any atom is -0.493 e. The molecule has 5 nitrogen and oxygen atoms in total. The van der Waals surface area contributed by atoms with Crippen LogP contribution in [0.2, 0.25) is 0 Å². The molecule has 0 aromatic heterocycles. The van der Waals surface area contributed by atoms with Gasteiger partial charge in [0.2, 0.25) is 0 Å². The van der Waals surface area contributed by atoms with Crippen molar-refractivity contribution in [2.75, 3.05) is 13.2 Å². The summed E-state index contributed by atoms with van der Waals surface area (Å²) in [7, 11) is 0. The van der Waals surface area contributed by atoms with E-state index in [1.165, 1.54) is 0 Å². The quantitative estimate of drug-likeness (QED) is 0.749. The number of hydrogen-bond acceptors (Lipinski definition) is 4. The molecule has 1 aromatic rings. The van der Waals surface area contributed by atoms with Crippen LogP contribution in [0, 0.1) is 5.92 Å². The minimum atomic E-state index is -0.549. The predicted molar refractivity (Wildman–Crippen MR) is 74.7 cm³/mol. The maximum absolute atomic E-state index is 12.3. The molecule has 1 aromatic carbocycles. The van der Waals surface area contributed by atoms with Crippen LogP contribution in [0.1, 0.15) is 30.1 Å². The lowest BCUT2D eigenvalue weighted by molar-refractivity contribution is 0.0903. The zero-order chi connectivity index (χ0) is 14.5. The van der Waals surface area contributed by atoms with Gasteiger partial charge in [-0.25, -0.2) is 0 Å². The van der Waals surface area contributed by atoms with Crippen LogP contribution >= 0.6 is 0 Å². The molecule has 0 saturated heterocycles.